The Bertz CT molecular complexity index is 899. The second kappa shape index (κ2) is 9.16. The van der Waals surface area contributed by atoms with E-state index in [1.807, 2.05) is 0 Å². The quantitative estimate of drug-likeness (QED) is 0.549. The van der Waals surface area contributed by atoms with E-state index in [9.17, 15) is 24.4 Å². The molecule has 2 fully saturated rings. The van der Waals surface area contributed by atoms with Crippen molar-refractivity contribution in [2.24, 2.45) is 0 Å². The molecule has 164 valence electrons. The molecule has 9 heteroatoms. The van der Waals surface area contributed by atoms with Crippen molar-refractivity contribution in [3.05, 3.63) is 35.4 Å². The molecule has 3 rings (SSSR count). The number of carbonyl (C=O) groups is 4. The average molecular weight is 426 g/mol. The van der Waals surface area contributed by atoms with E-state index in [1.54, 1.807) is 19.2 Å². The van der Waals surface area contributed by atoms with Crippen LogP contribution < -0.4 is 5.32 Å². The highest BCUT2D eigenvalue weighted by molar-refractivity contribution is 6.01. The number of ether oxygens (including phenoxy) is 1. The summed E-state index contributed by atoms with van der Waals surface area (Å²) in [6, 6.07) is 8.14. The summed E-state index contributed by atoms with van der Waals surface area (Å²) in [6.07, 6.45) is 3.02. The second-order valence-corrected chi connectivity index (χ2v) is 7.98. The Labute approximate surface area is 180 Å². The molecule has 0 aromatic heterocycles. The van der Waals surface area contributed by atoms with Crippen molar-refractivity contribution >= 4 is 23.8 Å². The van der Waals surface area contributed by atoms with Gasteiger partial charge in [0, 0.05) is 7.05 Å². The van der Waals surface area contributed by atoms with E-state index in [0.717, 1.165) is 24.2 Å². The van der Waals surface area contributed by atoms with Crippen molar-refractivity contribution in [1.29, 1.82) is 5.26 Å². The Morgan fingerprint density at radius 2 is 1.87 bits per heavy atom. The lowest BCUT2D eigenvalue weighted by Gasteiger charge is -2.39. The van der Waals surface area contributed by atoms with Gasteiger partial charge in [-0.3, -0.25) is 14.5 Å². The molecule has 0 spiro atoms. The van der Waals surface area contributed by atoms with Crippen LogP contribution in [-0.2, 0) is 20.9 Å². The second-order valence-electron chi connectivity index (χ2n) is 7.98. The Morgan fingerprint density at radius 1 is 1.23 bits per heavy atom. The smallest absolute Gasteiger partial charge is 0.338 e. The van der Waals surface area contributed by atoms with Crippen LogP contribution in [0.3, 0.4) is 0 Å². The molecular formula is C22H26N4O5. The lowest BCUT2D eigenvalue weighted by atomic mass is 9.81. The molecule has 31 heavy (non-hydrogen) atoms. The predicted molar refractivity (Wildman–Crippen MR) is 109 cm³/mol. The highest BCUT2D eigenvalue weighted by atomic mass is 16.5. The van der Waals surface area contributed by atoms with Gasteiger partial charge in [0.2, 0.25) is 5.91 Å². The molecule has 1 saturated carbocycles. The number of benzene rings is 1. The van der Waals surface area contributed by atoms with Crippen LogP contribution in [-0.4, -0.2) is 58.8 Å². The number of hydrogen-bond donors (Lipinski definition) is 1. The molecule has 0 radical (unpaired) electrons. The minimum absolute atomic E-state index is 0.0172. The molecule has 4 amide bonds. The highest BCUT2D eigenvalue weighted by Crippen LogP contribution is 2.33. The summed E-state index contributed by atoms with van der Waals surface area (Å²) in [7, 11) is 1.59. The third-order valence-electron chi connectivity index (χ3n) is 5.96. The van der Waals surface area contributed by atoms with Crippen molar-refractivity contribution in [1.82, 2.24) is 15.1 Å². The maximum atomic E-state index is 12.8. The number of urea groups is 1. The van der Waals surface area contributed by atoms with E-state index in [0.29, 0.717) is 18.4 Å². The van der Waals surface area contributed by atoms with Gasteiger partial charge in [0.1, 0.15) is 5.54 Å². The summed E-state index contributed by atoms with van der Waals surface area (Å²) in [5.74, 6) is -1.38. The fraction of sp³-hybridized carbons (Fsp3) is 0.500. The zero-order chi connectivity index (χ0) is 22.6. The van der Waals surface area contributed by atoms with Crippen molar-refractivity contribution in [2.45, 2.75) is 57.2 Å². The number of likely N-dealkylation sites (N-methyl/N-ethyl adjacent to an activating group) is 1. The Kier molecular flexibility index (Phi) is 6.59. The maximum absolute atomic E-state index is 12.8. The van der Waals surface area contributed by atoms with Crippen molar-refractivity contribution in [3.63, 3.8) is 0 Å². The first-order chi connectivity index (χ1) is 14.8. The van der Waals surface area contributed by atoms with Gasteiger partial charge in [-0.05, 0) is 37.5 Å². The van der Waals surface area contributed by atoms with Crippen LogP contribution in [0.5, 0.6) is 0 Å². The number of hydrogen-bond acceptors (Lipinski definition) is 6. The third-order valence-corrected chi connectivity index (χ3v) is 5.96. The first-order valence-corrected chi connectivity index (χ1v) is 10.3. The molecular weight excluding hydrogens is 400 g/mol. The van der Waals surface area contributed by atoms with E-state index in [4.69, 9.17) is 4.74 Å². The minimum atomic E-state index is -1.03. The van der Waals surface area contributed by atoms with Crippen molar-refractivity contribution < 1.29 is 23.9 Å². The molecule has 1 aromatic rings. The van der Waals surface area contributed by atoms with Gasteiger partial charge in [0.25, 0.3) is 5.91 Å². The van der Waals surface area contributed by atoms with Gasteiger partial charge in [-0.25, -0.2) is 9.59 Å². The number of esters is 1. The lowest BCUT2D eigenvalue weighted by molar-refractivity contribution is -0.143. The van der Waals surface area contributed by atoms with Gasteiger partial charge in [-0.1, -0.05) is 31.4 Å². The molecule has 1 atom stereocenters. The largest absolute Gasteiger partial charge is 0.449 e. The lowest BCUT2D eigenvalue weighted by Crippen LogP contribution is -2.53. The first kappa shape index (κ1) is 22.3. The van der Waals surface area contributed by atoms with Gasteiger partial charge < -0.3 is 15.0 Å². The molecule has 1 aliphatic carbocycles. The zero-order valence-corrected chi connectivity index (χ0v) is 17.7. The van der Waals surface area contributed by atoms with Crippen LogP contribution in [0.4, 0.5) is 4.79 Å². The number of imide groups is 1. The van der Waals surface area contributed by atoms with E-state index in [1.165, 1.54) is 24.0 Å². The Balaban J connectivity index is 1.60. The standard InChI is InChI=1S/C22H26N4O5/c1-15(19(28)25(2)22(14-23)10-4-3-5-11-22)31-20(29)17-8-6-16(7-9-17)13-26-18(27)12-24-21(26)30/h6-9,15H,3-5,10-13H2,1-2H3,(H,24,30)/t15-/m1/s1. The summed E-state index contributed by atoms with van der Waals surface area (Å²) in [6.45, 7) is 1.59. The molecule has 1 aliphatic heterocycles. The van der Waals surface area contributed by atoms with Gasteiger partial charge in [-0.2, -0.15) is 5.26 Å². The SMILES string of the molecule is C[C@@H](OC(=O)c1ccc(CN2C(=O)CNC2=O)cc1)C(=O)N(C)C1(C#N)CCCCC1. The van der Waals surface area contributed by atoms with E-state index >= 15 is 0 Å². The minimum Gasteiger partial charge on any atom is -0.449 e. The highest BCUT2D eigenvalue weighted by Gasteiger charge is 2.40. The summed E-state index contributed by atoms with van der Waals surface area (Å²) >= 11 is 0. The number of carbonyl (C=O) groups excluding carboxylic acids is 4. The number of nitrogens with one attached hydrogen (secondary N) is 1. The van der Waals surface area contributed by atoms with E-state index in [2.05, 4.69) is 11.4 Å². The van der Waals surface area contributed by atoms with E-state index in [-0.39, 0.29) is 24.6 Å². The molecule has 1 heterocycles. The topological polar surface area (TPSA) is 120 Å². The number of amides is 4. The molecule has 2 aliphatic rings. The van der Waals surface area contributed by atoms with Crippen molar-refractivity contribution in [3.8, 4) is 6.07 Å². The van der Waals surface area contributed by atoms with Gasteiger partial charge in [0.15, 0.2) is 6.10 Å². The zero-order valence-electron chi connectivity index (χ0n) is 17.7. The van der Waals surface area contributed by atoms with E-state index < -0.39 is 29.6 Å². The van der Waals surface area contributed by atoms with Crippen LogP contribution >= 0.6 is 0 Å². The molecule has 0 unspecified atom stereocenters. The molecule has 9 nitrogen and oxygen atoms in total. The normalized spacial score (nSPS) is 18.7. The van der Waals surface area contributed by atoms with Crippen LogP contribution in [0.15, 0.2) is 24.3 Å². The fourth-order valence-electron chi connectivity index (χ4n) is 3.97. The van der Waals surface area contributed by atoms with Crippen molar-refractivity contribution in [2.75, 3.05) is 13.6 Å². The molecule has 0 bridgehead atoms. The van der Waals surface area contributed by atoms with Crippen LogP contribution in [0, 0.1) is 11.3 Å². The number of nitrogens with zero attached hydrogens (tertiary/aromatic N) is 3. The van der Waals surface area contributed by atoms with Crippen LogP contribution in [0.25, 0.3) is 0 Å². The van der Waals surface area contributed by atoms with Gasteiger partial charge >= 0.3 is 12.0 Å². The molecule has 1 aromatic carbocycles. The predicted octanol–water partition coefficient (Wildman–Crippen LogP) is 1.97. The van der Waals surface area contributed by atoms with Crippen LogP contribution in [0.2, 0.25) is 0 Å². The summed E-state index contributed by atoms with van der Waals surface area (Å²) in [5, 5.41) is 12.1. The monoisotopic (exact) mass is 426 g/mol. The first-order valence-electron chi connectivity index (χ1n) is 10.3. The average Bonchev–Trinajstić information content (AvgIpc) is 3.10. The van der Waals surface area contributed by atoms with Gasteiger partial charge in [-0.15, -0.1) is 0 Å². The van der Waals surface area contributed by atoms with Gasteiger partial charge in [0.05, 0.1) is 24.7 Å². The maximum Gasteiger partial charge on any atom is 0.338 e. The summed E-state index contributed by atoms with van der Waals surface area (Å²) < 4.78 is 5.34. The summed E-state index contributed by atoms with van der Waals surface area (Å²) in [4.78, 5) is 51.1. The third kappa shape index (κ3) is 4.68. The fourth-order valence-corrected chi connectivity index (χ4v) is 3.97. The molecule has 1 saturated heterocycles. The number of rotatable bonds is 6. The Morgan fingerprint density at radius 3 is 2.42 bits per heavy atom. The summed E-state index contributed by atoms with van der Waals surface area (Å²) in [5.41, 5.74) is 0.0757. The number of nitriles is 1. The molecule has 1 N–H and O–H groups in total. The Hall–Kier alpha value is -3.41. The van der Waals surface area contributed by atoms with Crippen LogP contribution in [0.1, 0.15) is 54.9 Å².